The lowest BCUT2D eigenvalue weighted by atomic mass is 10.1. The maximum absolute atomic E-state index is 12.1. The van der Waals surface area contributed by atoms with Gasteiger partial charge in [0, 0.05) is 13.1 Å². The highest BCUT2D eigenvalue weighted by molar-refractivity contribution is 6.07. The summed E-state index contributed by atoms with van der Waals surface area (Å²) < 4.78 is 0. The Morgan fingerprint density at radius 3 is 2.00 bits per heavy atom. The van der Waals surface area contributed by atoms with E-state index in [4.69, 9.17) is 0 Å². The summed E-state index contributed by atoms with van der Waals surface area (Å²) in [6, 6.07) is 0. The SMILES string of the molecule is CCCCCNC(=O)C1(C(=O)NCCCN(C)C)CC1. The molecular weight excluding hydrogens is 254 g/mol. The van der Waals surface area contributed by atoms with E-state index in [0.29, 0.717) is 25.9 Å². The number of unbranched alkanes of at least 4 members (excludes halogenated alkanes) is 2. The number of carbonyl (C=O) groups is 2. The molecule has 0 saturated heterocycles. The van der Waals surface area contributed by atoms with E-state index >= 15 is 0 Å². The van der Waals surface area contributed by atoms with E-state index in [0.717, 1.165) is 32.2 Å². The smallest absolute Gasteiger partial charge is 0.235 e. The van der Waals surface area contributed by atoms with Crippen molar-refractivity contribution in [3.05, 3.63) is 0 Å². The highest BCUT2D eigenvalue weighted by Crippen LogP contribution is 2.46. The molecule has 0 aromatic rings. The van der Waals surface area contributed by atoms with Crippen molar-refractivity contribution >= 4 is 11.8 Å². The molecule has 20 heavy (non-hydrogen) atoms. The predicted molar refractivity (Wildman–Crippen MR) is 80.4 cm³/mol. The van der Waals surface area contributed by atoms with Crippen LogP contribution in [0, 0.1) is 5.41 Å². The Labute approximate surface area is 122 Å². The van der Waals surface area contributed by atoms with Crippen LogP contribution in [0.3, 0.4) is 0 Å². The lowest BCUT2D eigenvalue weighted by Gasteiger charge is -2.16. The lowest BCUT2D eigenvalue weighted by Crippen LogP contribution is -2.43. The Bertz CT molecular complexity index is 325. The molecule has 2 N–H and O–H groups in total. The van der Waals surface area contributed by atoms with Gasteiger partial charge in [-0.2, -0.15) is 0 Å². The Morgan fingerprint density at radius 1 is 1.00 bits per heavy atom. The molecular formula is C15H29N3O2. The first-order valence-corrected chi connectivity index (χ1v) is 7.74. The van der Waals surface area contributed by atoms with E-state index in [1.165, 1.54) is 0 Å². The minimum absolute atomic E-state index is 0.0845. The van der Waals surface area contributed by atoms with Gasteiger partial charge in [-0.25, -0.2) is 0 Å². The average Bonchev–Trinajstić information content (AvgIpc) is 3.20. The zero-order chi connectivity index (χ0) is 15.0. The molecule has 1 aliphatic rings. The Hall–Kier alpha value is -1.10. The molecule has 1 saturated carbocycles. The summed E-state index contributed by atoms with van der Waals surface area (Å²) in [4.78, 5) is 26.3. The van der Waals surface area contributed by atoms with Crippen molar-refractivity contribution in [1.82, 2.24) is 15.5 Å². The van der Waals surface area contributed by atoms with Crippen molar-refractivity contribution in [1.29, 1.82) is 0 Å². The number of nitrogens with zero attached hydrogens (tertiary/aromatic N) is 1. The summed E-state index contributed by atoms with van der Waals surface area (Å²) in [5.74, 6) is -0.178. The average molecular weight is 283 g/mol. The summed E-state index contributed by atoms with van der Waals surface area (Å²) in [6.07, 6.45) is 5.52. The largest absolute Gasteiger partial charge is 0.355 e. The summed E-state index contributed by atoms with van der Waals surface area (Å²) in [7, 11) is 4.02. The molecule has 0 aliphatic heterocycles. The van der Waals surface area contributed by atoms with Gasteiger partial charge in [0.05, 0.1) is 0 Å². The Kier molecular flexibility index (Phi) is 6.99. The third kappa shape index (κ3) is 5.12. The highest BCUT2D eigenvalue weighted by atomic mass is 16.2. The summed E-state index contributed by atoms with van der Waals surface area (Å²) >= 11 is 0. The molecule has 116 valence electrons. The zero-order valence-electron chi connectivity index (χ0n) is 13.1. The van der Waals surface area contributed by atoms with Gasteiger partial charge in [0.2, 0.25) is 11.8 Å². The first-order chi connectivity index (χ1) is 9.53. The van der Waals surface area contributed by atoms with E-state index in [2.05, 4.69) is 22.5 Å². The van der Waals surface area contributed by atoms with Crippen molar-refractivity contribution in [3.63, 3.8) is 0 Å². The number of hydrogen-bond acceptors (Lipinski definition) is 3. The molecule has 0 aromatic heterocycles. The van der Waals surface area contributed by atoms with Gasteiger partial charge in [-0.3, -0.25) is 9.59 Å². The van der Waals surface area contributed by atoms with Gasteiger partial charge in [0.1, 0.15) is 5.41 Å². The Morgan fingerprint density at radius 2 is 1.55 bits per heavy atom. The van der Waals surface area contributed by atoms with Gasteiger partial charge in [-0.15, -0.1) is 0 Å². The van der Waals surface area contributed by atoms with Crippen LogP contribution in [0.1, 0.15) is 45.4 Å². The van der Waals surface area contributed by atoms with Gasteiger partial charge in [0.15, 0.2) is 0 Å². The van der Waals surface area contributed by atoms with Crippen LogP contribution in [0.25, 0.3) is 0 Å². The quantitative estimate of drug-likeness (QED) is 0.467. The maximum Gasteiger partial charge on any atom is 0.235 e. The molecule has 0 unspecified atom stereocenters. The second-order valence-electron chi connectivity index (χ2n) is 5.96. The van der Waals surface area contributed by atoms with Crippen LogP contribution in [0.4, 0.5) is 0 Å². The first kappa shape index (κ1) is 17.0. The van der Waals surface area contributed by atoms with Crippen LogP contribution in [-0.2, 0) is 9.59 Å². The molecule has 1 fully saturated rings. The first-order valence-electron chi connectivity index (χ1n) is 7.74. The van der Waals surface area contributed by atoms with Crippen LogP contribution in [0.2, 0.25) is 0 Å². The van der Waals surface area contributed by atoms with E-state index in [1.807, 2.05) is 14.1 Å². The summed E-state index contributed by atoms with van der Waals surface area (Å²) in [5.41, 5.74) is -0.760. The fraction of sp³-hybridized carbons (Fsp3) is 0.867. The van der Waals surface area contributed by atoms with Gasteiger partial charge in [-0.05, 0) is 46.3 Å². The van der Waals surface area contributed by atoms with Crippen LogP contribution >= 0.6 is 0 Å². The van der Waals surface area contributed by atoms with Crippen molar-refractivity contribution < 1.29 is 9.59 Å². The van der Waals surface area contributed by atoms with Crippen LogP contribution in [-0.4, -0.2) is 50.4 Å². The van der Waals surface area contributed by atoms with Gasteiger partial charge in [-0.1, -0.05) is 19.8 Å². The number of carbonyl (C=O) groups excluding carboxylic acids is 2. The molecule has 1 aliphatic carbocycles. The van der Waals surface area contributed by atoms with Crippen molar-refractivity contribution in [2.45, 2.75) is 45.4 Å². The van der Waals surface area contributed by atoms with Crippen LogP contribution < -0.4 is 10.6 Å². The topological polar surface area (TPSA) is 61.4 Å². The molecule has 1 rings (SSSR count). The highest BCUT2D eigenvalue weighted by Gasteiger charge is 2.56. The van der Waals surface area contributed by atoms with E-state index in [1.54, 1.807) is 0 Å². The van der Waals surface area contributed by atoms with Gasteiger partial charge < -0.3 is 15.5 Å². The zero-order valence-corrected chi connectivity index (χ0v) is 13.1. The summed E-state index contributed by atoms with van der Waals surface area (Å²) in [6.45, 7) is 4.39. The second kappa shape index (κ2) is 8.25. The second-order valence-corrected chi connectivity index (χ2v) is 5.96. The minimum atomic E-state index is -0.760. The monoisotopic (exact) mass is 283 g/mol. The van der Waals surface area contributed by atoms with Crippen LogP contribution in [0.15, 0.2) is 0 Å². The normalized spacial score (nSPS) is 16.0. The fourth-order valence-electron chi connectivity index (χ4n) is 2.19. The van der Waals surface area contributed by atoms with E-state index in [-0.39, 0.29) is 11.8 Å². The molecule has 0 radical (unpaired) electrons. The number of rotatable bonds is 10. The number of amides is 2. The van der Waals surface area contributed by atoms with Crippen molar-refractivity contribution in [2.75, 3.05) is 33.7 Å². The molecule has 5 nitrogen and oxygen atoms in total. The molecule has 0 atom stereocenters. The van der Waals surface area contributed by atoms with Crippen LogP contribution in [0.5, 0.6) is 0 Å². The molecule has 0 heterocycles. The third-order valence-corrected chi connectivity index (χ3v) is 3.75. The standard InChI is InChI=1S/C15H29N3O2/c1-4-5-6-10-16-13(19)15(8-9-15)14(20)17-11-7-12-18(2)3/h4-12H2,1-3H3,(H,16,19)(H,17,20). The summed E-state index contributed by atoms with van der Waals surface area (Å²) in [5, 5.41) is 5.80. The number of hydrogen-bond donors (Lipinski definition) is 2. The van der Waals surface area contributed by atoms with E-state index in [9.17, 15) is 9.59 Å². The van der Waals surface area contributed by atoms with Crippen molar-refractivity contribution in [3.8, 4) is 0 Å². The molecule has 0 spiro atoms. The van der Waals surface area contributed by atoms with E-state index < -0.39 is 5.41 Å². The predicted octanol–water partition coefficient (Wildman–Crippen LogP) is 1.14. The molecule has 2 amide bonds. The lowest BCUT2D eigenvalue weighted by molar-refractivity contribution is -0.137. The van der Waals surface area contributed by atoms with Crippen molar-refractivity contribution in [2.24, 2.45) is 5.41 Å². The maximum atomic E-state index is 12.1. The third-order valence-electron chi connectivity index (χ3n) is 3.75. The molecule has 5 heteroatoms. The molecule has 0 bridgehead atoms. The van der Waals surface area contributed by atoms with Gasteiger partial charge in [0.25, 0.3) is 0 Å². The Balaban J connectivity index is 2.25. The fourth-order valence-corrected chi connectivity index (χ4v) is 2.19. The molecule has 0 aromatic carbocycles. The van der Waals surface area contributed by atoms with Gasteiger partial charge >= 0.3 is 0 Å². The number of nitrogens with one attached hydrogen (secondary N) is 2. The minimum Gasteiger partial charge on any atom is -0.355 e.